The van der Waals surface area contributed by atoms with Gasteiger partial charge in [0.25, 0.3) is 5.91 Å². The molecule has 0 fully saturated rings. The molecule has 0 saturated heterocycles. The number of imidazole rings is 1. The van der Waals surface area contributed by atoms with Crippen molar-refractivity contribution in [3.8, 4) is 0 Å². The van der Waals surface area contributed by atoms with E-state index in [-0.39, 0.29) is 5.91 Å². The summed E-state index contributed by atoms with van der Waals surface area (Å²) < 4.78 is 1.35. The number of hydrogen-bond acceptors (Lipinski definition) is 3. The van der Waals surface area contributed by atoms with Crippen molar-refractivity contribution in [1.82, 2.24) is 15.0 Å². The lowest BCUT2D eigenvalue weighted by atomic mass is 10.4. The molecule has 0 aliphatic rings. The highest BCUT2D eigenvalue weighted by Gasteiger charge is 2.05. The molecular formula is C6H9N3O2. The minimum absolute atomic E-state index is 0.221. The predicted molar refractivity (Wildman–Crippen MR) is 38.1 cm³/mol. The largest absolute Gasteiger partial charge is 0.416 e. The zero-order valence-electron chi connectivity index (χ0n) is 6.37. The Bertz CT molecular complexity index is 256. The molecule has 60 valence electrons. The van der Waals surface area contributed by atoms with E-state index in [1.54, 1.807) is 7.05 Å². The van der Waals surface area contributed by atoms with Gasteiger partial charge in [0.05, 0.1) is 6.20 Å². The van der Waals surface area contributed by atoms with E-state index in [2.05, 4.69) is 10.3 Å². The van der Waals surface area contributed by atoms with Crippen LogP contribution in [0, 0.1) is 0 Å². The van der Waals surface area contributed by atoms with E-state index in [1.165, 1.54) is 24.4 Å². The predicted octanol–water partition coefficient (Wildman–Crippen LogP) is -0.699. The molecule has 0 aliphatic heterocycles. The maximum Gasteiger partial charge on any atom is 0.271 e. The first-order valence-corrected chi connectivity index (χ1v) is 3.08. The normalized spacial score (nSPS) is 9.27. The van der Waals surface area contributed by atoms with Gasteiger partial charge in [0, 0.05) is 7.05 Å². The van der Waals surface area contributed by atoms with Gasteiger partial charge in [-0.25, -0.2) is 4.98 Å². The first-order chi connectivity index (χ1) is 5.27. The Balaban J connectivity index is 2.80. The highest BCUT2D eigenvalue weighted by atomic mass is 16.6. The van der Waals surface area contributed by atoms with Crippen LogP contribution in [0.15, 0.2) is 12.5 Å². The van der Waals surface area contributed by atoms with Gasteiger partial charge in [0.15, 0.2) is 0 Å². The van der Waals surface area contributed by atoms with Crippen LogP contribution in [0.5, 0.6) is 0 Å². The quantitative estimate of drug-likeness (QED) is 0.614. The Morgan fingerprint density at radius 3 is 3.00 bits per heavy atom. The van der Waals surface area contributed by atoms with Crippen LogP contribution in [0.1, 0.15) is 10.5 Å². The lowest BCUT2D eigenvalue weighted by Gasteiger charge is -1.94. The molecule has 0 bridgehead atoms. The first-order valence-electron chi connectivity index (χ1n) is 3.08. The van der Waals surface area contributed by atoms with Crippen molar-refractivity contribution in [2.24, 2.45) is 0 Å². The molecule has 1 aromatic rings. The molecule has 5 heteroatoms. The third-order valence-electron chi connectivity index (χ3n) is 1.23. The Hall–Kier alpha value is -1.52. The summed E-state index contributed by atoms with van der Waals surface area (Å²) >= 11 is 0. The van der Waals surface area contributed by atoms with E-state index in [4.69, 9.17) is 4.84 Å². The number of hydrogen-bond donors (Lipinski definition) is 1. The van der Waals surface area contributed by atoms with Gasteiger partial charge in [0.1, 0.15) is 19.1 Å². The topological polar surface area (TPSA) is 56.2 Å². The smallest absolute Gasteiger partial charge is 0.271 e. The zero-order chi connectivity index (χ0) is 8.27. The van der Waals surface area contributed by atoms with Crippen molar-refractivity contribution in [1.29, 1.82) is 0 Å². The molecule has 1 aromatic heterocycles. The van der Waals surface area contributed by atoms with Gasteiger partial charge < -0.3 is 10.2 Å². The number of aromatic nitrogens is 2. The maximum absolute atomic E-state index is 10.9. The van der Waals surface area contributed by atoms with E-state index >= 15 is 0 Å². The number of nitrogens with zero attached hydrogens (tertiary/aromatic N) is 2. The minimum Gasteiger partial charge on any atom is -0.416 e. The fraction of sp³-hybridized carbons (Fsp3) is 0.333. The molecule has 1 N–H and O–H groups in total. The third kappa shape index (κ3) is 1.49. The van der Waals surface area contributed by atoms with E-state index < -0.39 is 0 Å². The molecule has 0 unspecified atom stereocenters. The van der Waals surface area contributed by atoms with Gasteiger partial charge in [-0.3, -0.25) is 4.79 Å². The standard InChI is InChI=1S/C6H9N3O2/c1-7-6(10)5-3-9(11-2)4-8-5/h3-4H,1-2H3,(H,7,10). The van der Waals surface area contributed by atoms with E-state index in [0.717, 1.165) is 0 Å². The van der Waals surface area contributed by atoms with Gasteiger partial charge >= 0.3 is 0 Å². The summed E-state index contributed by atoms with van der Waals surface area (Å²) in [5, 5.41) is 2.45. The number of carbonyl (C=O) groups is 1. The van der Waals surface area contributed by atoms with Crippen LogP contribution in [0.4, 0.5) is 0 Å². The van der Waals surface area contributed by atoms with Crippen molar-refractivity contribution >= 4 is 5.91 Å². The Labute approximate surface area is 63.9 Å². The van der Waals surface area contributed by atoms with Gasteiger partial charge in [-0.1, -0.05) is 0 Å². The molecule has 5 nitrogen and oxygen atoms in total. The molecule has 0 atom stereocenters. The van der Waals surface area contributed by atoms with Crippen molar-refractivity contribution in [3.05, 3.63) is 18.2 Å². The Morgan fingerprint density at radius 2 is 2.55 bits per heavy atom. The number of amides is 1. The second-order valence-electron chi connectivity index (χ2n) is 1.88. The zero-order valence-corrected chi connectivity index (χ0v) is 6.37. The molecule has 1 amide bonds. The van der Waals surface area contributed by atoms with Gasteiger partial charge in [0.2, 0.25) is 0 Å². The first kappa shape index (κ1) is 7.59. The number of rotatable bonds is 2. The molecule has 0 radical (unpaired) electrons. The van der Waals surface area contributed by atoms with Crippen molar-refractivity contribution in [2.75, 3.05) is 14.2 Å². The second-order valence-corrected chi connectivity index (χ2v) is 1.88. The molecule has 1 rings (SSSR count). The van der Waals surface area contributed by atoms with E-state index in [1.807, 2.05) is 0 Å². The summed E-state index contributed by atoms with van der Waals surface area (Å²) in [4.78, 5) is 19.4. The summed E-state index contributed by atoms with van der Waals surface area (Å²) in [7, 11) is 3.05. The fourth-order valence-corrected chi connectivity index (χ4v) is 0.651. The highest BCUT2D eigenvalue weighted by Crippen LogP contribution is 1.92. The number of nitrogens with one attached hydrogen (secondary N) is 1. The number of carbonyl (C=O) groups excluding carboxylic acids is 1. The summed E-state index contributed by atoms with van der Waals surface area (Å²) in [6, 6.07) is 0. The van der Waals surface area contributed by atoms with Gasteiger partial charge in [-0.05, 0) is 0 Å². The van der Waals surface area contributed by atoms with E-state index in [9.17, 15) is 4.79 Å². The molecular weight excluding hydrogens is 146 g/mol. The fourth-order valence-electron chi connectivity index (χ4n) is 0.651. The van der Waals surface area contributed by atoms with Gasteiger partial charge in [-0.15, -0.1) is 0 Å². The maximum atomic E-state index is 10.9. The molecule has 0 aromatic carbocycles. The Morgan fingerprint density at radius 1 is 1.82 bits per heavy atom. The van der Waals surface area contributed by atoms with Crippen molar-refractivity contribution in [2.45, 2.75) is 0 Å². The van der Waals surface area contributed by atoms with Crippen molar-refractivity contribution in [3.63, 3.8) is 0 Å². The summed E-state index contributed by atoms with van der Waals surface area (Å²) in [5.41, 5.74) is 0.342. The summed E-state index contributed by atoms with van der Waals surface area (Å²) in [6.07, 6.45) is 2.92. The lowest BCUT2D eigenvalue weighted by Crippen LogP contribution is -2.18. The summed E-state index contributed by atoms with van der Waals surface area (Å²) in [5.74, 6) is -0.221. The average molecular weight is 155 g/mol. The lowest BCUT2D eigenvalue weighted by molar-refractivity contribution is 0.0957. The van der Waals surface area contributed by atoms with Crippen LogP contribution in [0.2, 0.25) is 0 Å². The molecule has 1 heterocycles. The third-order valence-corrected chi connectivity index (χ3v) is 1.23. The van der Waals surface area contributed by atoms with Crippen LogP contribution in [0.3, 0.4) is 0 Å². The summed E-state index contributed by atoms with van der Waals surface area (Å²) in [6.45, 7) is 0. The van der Waals surface area contributed by atoms with Crippen LogP contribution >= 0.6 is 0 Å². The SMILES string of the molecule is CNC(=O)c1cn(OC)cn1. The molecule has 11 heavy (non-hydrogen) atoms. The van der Waals surface area contributed by atoms with Crippen molar-refractivity contribution < 1.29 is 9.63 Å². The van der Waals surface area contributed by atoms with Crippen LogP contribution in [-0.2, 0) is 0 Å². The van der Waals surface area contributed by atoms with Gasteiger partial charge in [-0.2, -0.15) is 4.73 Å². The van der Waals surface area contributed by atoms with E-state index in [0.29, 0.717) is 5.69 Å². The van der Waals surface area contributed by atoms with Crippen LogP contribution in [-0.4, -0.2) is 29.8 Å². The average Bonchev–Trinajstić information content (AvgIpc) is 2.50. The monoisotopic (exact) mass is 155 g/mol. The minimum atomic E-state index is -0.221. The molecule has 0 saturated carbocycles. The van der Waals surface area contributed by atoms with Crippen LogP contribution < -0.4 is 10.2 Å². The highest BCUT2D eigenvalue weighted by molar-refractivity contribution is 5.91. The second kappa shape index (κ2) is 3.05. The molecule has 0 aliphatic carbocycles. The molecule has 0 spiro atoms. The van der Waals surface area contributed by atoms with Crippen LogP contribution in [0.25, 0.3) is 0 Å². The Kier molecular flexibility index (Phi) is 2.10.